The average Bonchev–Trinajstić information content (AvgIpc) is 3.14. The molecule has 5 atom stereocenters. The van der Waals surface area contributed by atoms with Crippen LogP contribution in [0.25, 0.3) is 10.9 Å². The Morgan fingerprint density at radius 1 is 0.914 bits per heavy atom. The zero-order valence-corrected chi connectivity index (χ0v) is 20.0. The van der Waals surface area contributed by atoms with E-state index in [0.29, 0.717) is 22.8 Å². The average molecular weight is 489 g/mol. The van der Waals surface area contributed by atoms with Gasteiger partial charge in [-0.2, -0.15) is 0 Å². The Hall–Kier alpha value is -3.73. The van der Waals surface area contributed by atoms with Gasteiger partial charge in [-0.1, -0.05) is 12.1 Å². The van der Waals surface area contributed by atoms with E-state index in [1.54, 1.807) is 16.7 Å². The van der Waals surface area contributed by atoms with Crippen LogP contribution in [-0.4, -0.2) is 65.8 Å². The number of aryl methyl sites for hydroxylation is 1. The first-order valence-corrected chi connectivity index (χ1v) is 10.9. The fourth-order valence-electron chi connectivity index (χ4n) is 4.26. The number of fused-ring (bicyclic) bond motifs is 1. The van der Waals surface area contributed by atoms with E-state index < -0.39 is 54.5 Å². The smallest absolute Gasteiger partial charge is 0.303 e. The van der Waals surface area contributed by atoms with E-state index in [1.807, 2.05) is 13.0 Å². The first-order chi connectivity index (χ1) is 16.5. The van der Waals surface area contributed by atoms with Crippen LogP contribution >= 0.6 is 0 Å². The number of esters is 4. The molecule has 3 rings (SSSR count). The maximum atomic E-state index is 12.1. The number of carbonyl (C=O) groups excluding carboxylic acids is 5. The molecule has 0 amide bonds. The Morgan fingerprint density at radius 2 is 1.51 bits per heavy atom. The molecule has 0 unspecified atom stereocenters. The topological polar surface area (TPSA) is 136 Å². The first kappa shape index (κ1) is 25.9. The third kappa shape index (κ3) is 5.68. The highest BCUT2D eigenvalue weighted by molar-refractivity contribution is 5.99. The van der Waals surface area contributed by atoms with Crippen molar-refractivity contribution < 1.29 is 47.7 Å². The van der Waals surface area contributed by atoms with Gasteiger partial charge in [-0.15, -0.1) is 0 Å². The Labute approximate surface area is 201 Å². The van der Waals surface area contributed by atoms with Crippen LogP contribution in [0.2, 0.25) is 0 Å². The molecule has 35 heavy (non-hydrogen) atoms. The minimum atomic E-state index is -1.30. The number of hydrogen-bond acceptors (Lipinski definition) is 10. The molecule has 1 aromatic heterocycles. The predicted molar refractivity (Wildman–Crippen MR) is 119 cm³/mol. The predicted octanol–water partition coefficient (Wildman–Crippen LogP) is 2.02. The number of hydrogen-bond donors (Lipinski definition) is 0. The molecule has 2 heterocycles. The lowest BCUT2D eigenvalue weighted by Crippen LogP contribution is -2.60. The highest BCUT2D eigenvalue weighted by Gasteiger charge is 2.53. The molecule has 1 aliphatic heterocycles. The minimum Gasteiger partial charge on any atom is -0.463 e. The van der Waals surface area contributed by atoms with Gasteiger partial charge in [-0.25, -0.2) is 0 Å². The van der Waals surface area contributed by atoms with E-state index in [1.165, 1.54) is 20.0 Å². The molecule has 1 aliphatic rings. The van der Waals surface area contributed by atoms with Crippen molar-refractivity contribution in [3.05, 3.63) is 35.5 Å². The summed E-state index contributed by atoms with van der Waals surface area (Å²) < 4.78 is 29.3. The maximum Gasteiger partial charge on any atom is 0.303 e. The van der Waals surface area contributed by atoms with Crippen molar-refractivity contribution in [2.24, 2.45) is 0 Å². The van der Waals surface area contributed by atoms with Crippen LogP contribution in [0.4, 0.5) is 0 Å². The van der Waals surface area contributed by atoms with Gasteiger partial charge in [0.25, 0.3) is 0 Å². The third-order valence-corrected chi connectivity index (χ3v) is 5.46. The highest BCUT2D eigenvalue weighted by atomic mass is 16.7. The fourth-order valence-corrected chi connectivity index (χ4v) is 4.26. The van der Waals surface area contributed by atoms with Crippen molar-refractivity contribution in [3.63, 3.8) is 0 Å². The largest absolute Gasteiger partial charge is 0.463 e. The second kappa shape index (κ2) is 10.7. The molecule has 1 aromatic carbocycles. The molecule has 2 aromatic rings. The van der Waals surface area contributed by atoms with Crippen LogP contribution in [-0.2, 0) is 42.9 Å². The number of nitrogens with zero attached hydrogens (tertiary/aromatic N) is 1. The van der Waals surface area contributed by atoms with Gasteiger partial charge in [0.1, 0.15) is 12.7 Å². The van der Waals surface area contributed by atoms with Gasteiger partial charge in [0, 0.05) is 44.8 Å². The lowest BCUT2D eigenvalue weighted by atomic mass is 9.97. The molecule has 188 valence electrons. The Balaban J connectivity index is 2.20. The lowest BCUT2D eigenvalue weighted by molar-refractivity contribution is -0.267. The van der Waals surface area contributed by atoms with Gasteiger partial charge in [0.15, 0.2) is 30.8 Å². The molecule has 11 heteroatoms. The van der Waals surface area contributed by atoms with Crippen LogP contribution in [0.5, 0.6) is 0 Å². The summed E-state index contributed by atoms with van der Waals surface area (Å²) in [5.41, 5.74) is 1.79. The van der Waals surface area contributed by atoms with Crippen molar-refractivity contribution in [3.8, 4) is 0 Å². The summed E-state index contributed by atoms with van der Waals surface area (Å²) in [7, 11) is 0. The van der Waals surface area contributed by atoms with Crippen molar-refractivity contribution in [1.29, 1.82) is 0 Å². The number of ether oxygens (including phenoxy) is 5. The van der Waals surface area contributed by atoms with E-state index >= 15 is 0 Å². The van der Waals surface area contributed by atoms with E-state index in [9.17, 15) is 24.0 Å². The molecule has 0 bridgehead atoms. The minimum absolute atomic E-state index is 0.340. The van der Waals surface area contributed by atoms with Crippen LogP contribution in [0.15, 0.2) is 24.4 Å². The first-order valence-electron chi connectivity index (χ1n) is 10.9. The van der Waals surface area contributed by atoms with Gasteiger partial charge < -0.3 is 28.3 Å². The summed E-state index contributed by atoms with van der Waals surface area (Å²) in [6.07, 6.45) is -3.83. The van der Waals surface area contributed by atoms with Gasteiger partial charge in [0.2, 0.25) is 0 Å². The van der Waals surface area contributed by atoms with E-state index in [0.717, 1.165) is 19.4 Å². The molecule has 0 N–H and O–H groups in total. The standard InChI is InChI=1S/C24H27NO10/c1-12-7-6-8-18-20(12)17(10-26)9-25(18)24-23(34-16(5)30)22(33-15(4)29)21(32-14(3)28)19(35-24)11-31-13(2)27/h6-10,19,21-24H,11H2,1-5H3/t19-,21-,22+,23-,24-/m1/s1. The second-order valence-corrected chi connectivity index (χ2v) is 8.17. The monoisotopic (exact) mass is 489 g/mol. The molecule has 0 saturated carbocycles. The van der Waals surface area contributed by atoms with Crippen molar-refractivity contribution in [1.82, 2.24) is 4.57 Å². The molecule has 0 radical (unpaired) electrons. The molecule has 1 saturated heterocycles. The summed E-state index contributed by atoms with van der Waals surface area (Å²) in [5.74, 6) is -2.75. The molecular formula is C24H27NO10. The van der Waals surface area contributed by atoms with Crippen LogP contribution in [0.3, 0.4) is 0 Å². The van der Waals surface area contributed by atoms with Crippen molar-refractivity contribution >= 4 is 41.1 Å². The highest BCUT2D eigenvalue weighted by Crippen LogP contribution is 2.38. The van der Waals surface area contributed by atoms with Gasteiger partial charge in [-0.3, -0.25) is 24.0 Å². The molecular weight excluding hydrogens is 462 g/mol. The molecule has 11 nitrogen and oxygen atoms in total. The quantitative estimate of drug-likeness (QED) is 0.323. The van der Waals surface area contributed by atoms with Gasteiger partial charge >= 0.3 is 23.9 Å². The number of aldehydes is 1. The number of aromatic nitrogens is 1. The van der Waals surface area contributed by atoms with Gasteiger partial charge in [-0.05, 0) is 18.6 Å². The van der Waals surface area contributed by atoms with E-state index in [2.05, 4.69) is 0 Å². The molecule has 1 fully saturated rings. The number of carbonyl (C=O) groups is 5. The zero-order valence-electron chi connectivity index (χ0n) is 20.0. The Bertz CT molecular complexity index is 1150. The summed E-state index contributed by atoms with van der Waals surface area (Å²) in [4.78, 5) is 59.3. The summed E-state index contributed by atoms with van der Waals surface area (Å²) in [5, 5.41) is 0.662. The Kier molecular flexibility index (Phi) is 7.90. The normalized spacial score (nSPS) is 23.9. The maximum absolute atomic E-state index is 12.1. The second-order valence-electron chi connectivity index (χ2n) is 8.17. The number of rotatable bonds is 7. The SMILES string of the molecule is CC(=O)OC[C@H]1O[C@@H](n2cc(C=O)c3c(C)cccc32)[C@H](OC(C)=O)[C@@H](OC(C)=O)[C@@H]1OC(C)=O. The summed E-state index contributed by atoms with van der Waals surface area (Å²) in [6.45, 7) is 6.17. The Morgan fingerprint density at radius 3 is 2.09 bits per heavy atom. The third-order valence-electron chi connectivity index (χ3n) is 5.46. The van der Waals surface area contributed by atoms with E-state index in [4.69, 9.17) is 23.7 Å². The molecule has 0 spiro atoms. The van der Waals surface area contributed by atoms with Gasteiger partial charge in [0.05, 0.1) is 5.52 Å². The fraction of sp³-hybridized carbons (Fsp3) is 0.458. The van der Waals surface area contributed by atoms with Crippen molar-refractivity contribution in [2.75, 3.05) is 6.61 Å². The van der Waals surface area contributed by atoms with Crippen LogP contribution in [0, 0.1) is 6.92 Å². The van der Waals surface area contributed by atoms with E-state index in [-0.39, 0.29) is 6.61 Å². The zero-order chi connectivity index (χ0) is 25.9. The van der Waals surface area contributed by atoms with Crippen molar-refractivity contribution in [2.45, 2.75) is 65.3 Å². The van der Waals surface area contributed by atoms with Crippen LogP contribution in [0.1, 0.15) is 49.8 Å². The van der Waals surface area contributed by atoms with Crippen LogP contribution < -0.4 is 0 Å². The summed E-state index contributed by atoms with van der Waals surface area (Å²) >= 11 is 0. The number of benzene rings is 1. The molecule has 0 aliphatic carbocycles. The summed E-state index contributed by atoms with van der Waals surface area (Å²) in [6, 6.07) is 5.38. The lowest BCUT2D eigenvalue weighted by Gasteiger charge is -2.44.